The summed E-state index contributed by atoms with van der Waals surface area (Å²) in [5.74, 6) is -0.0380. The molecule has 7 heteroatoms. The Balaban J connectivity index is 1.58. The number of pyridine rings is 1. The van der Waals surface area contributed by atoms with Crippen molar-refractivity contribution in [1.82, 2.24) is 19.4 Å². The fourth-order valence-corrected chi connectivity index (χ4v) is 5.70. The summed E-state index contributed by atoms with van der Waals surface area (Å²) in [5, 5.41) is 11.2. The standard InChI is InChI=1S/C32H38N4O3/c1-22-17-36(23(2)20-37)32(38)31-30(27-11-7-8-12-28(27)35(31)4)26-10-6-5-9-25(26)21-39-29(22)19-34(3)18-24-13-15-33-16-14-24/h5-16,22-23,29,37H,17-21H2,1-4H3/t22-,23+,29+/m0/s1. The SMILES string of the molecule is C[C@H](CO)N1C[C@H](C)[C@@H](CN(C)Cc2ccncc2)OCc2ccccc2-c2c(n(C)c3ccccc23)C1=O. The fraction of sp³-hybridized carbons (Fsp3) is 0.375. The number of para-hydroxylation sites is 1. The summed E-state index contributed by atoms with van der Waals surface area (Å²) in [5.41, 5.74) is 5.82. The first-order valence-electron chi connectivity index (χ1n) is 13.7. The van der Waals surface area contributed by atoms with Crippen LogP contribution in [0.3, 0.4) is 0 Å². The van der Waals surface area contributed by atoms with Gasteiger partial charge in [0.15, 0.2) is 0 Å². The predicted octanol–water partition coefficient (Wildman–Crippen LogP) is 4.73. The zero-order valence-electron chi connectivity index (χ0n) is 23.2. The molecule has 0 saturated carbocycles. The van der Waals surface area contributed by atoms with Gasteiger partial charge in [0.1, 0.15) is 5.69 Å². The first kappa shape index (κ1) is 27.1. The quantitative estimate of drug-likeness (QED) is 0.393. The summed E-state index contributed by atoms with van der Waals surface area (Å²) in [4.78, 5) is 22.6. The Morgan fingerprint density at radius 3 is 2.59 bits per heavy atom. The van der Waals surface area contributed by atoms with Crippen molar-refractivity contribution >= 4 is 16.8 Å². The van der Waals surface area contributed by atoms with E-state index in [0.29, 0.717) is 25.4 Å². The largest absolute Gasteiger partial charge is 0.394 e. The van der Waals surface area contributed by atoms with Gasteiger partial charge in [0, 0.05) is 61.5 Å². The molecule has 5 rings (SSSR count). The second-order valence-corrected chi connectivity index (χ2v) is 10.8. The van der Waals surface area contributed by atoms with Crippen LogP contribution in [0.15, 0.2) is 73.1 Å². The number of aliphatic hydroxyl groups excluding tert-OH is 1. The molecule has 0 saturated heterocycles. The number of ether oxygens (including phenoxy) is 1. The summed E-state index contributed by atoms with van der Waals surface area (Å²) in [6.45, 7) is 6.34. The Kier molecular flexibility index (Phi) is 8.12. The van der Waals surface area contributed by atoms with E-state index in [2.05, 4.69) is 48.1 Å². The maximum absolute atomic E-state index is 14.4. The van der Waals surface area contributed by atoms with Gasteiger partial charge < -0.3 is 19.3 Å². The van der Waals surface area contributed by atoms with E-state index in [0.717, 1.165) is 34.1 Å². The third-order valence-electron chi connectivity index (χ3n) is 7.92. The van der Waals surface area contributed by atoms with Crippen molar-refractivity contribution in [2.45, 2.75) is 39.1 Å². The maximum Gasteiger partial charge on any atom is 0.271 e. The molecule has 0 spiro atoms. The molecule has 0 fully saturated rings. The summed E-state index contributed by atoms with van der Waals surface area (Å²) >= 11 is 0. The number of aryl methyl sites for hydroxylation is 1. The Bertz CT molecular complexity index is 1430. The maximum atomic E-state index is 14.4. The lowest BCUT2D eigenvalue weighted by molar-refractivity contribution is -0.0242. The molecule has 1 N–H and O–H groups in total. The number of hydrogen-bond donors (Lipinski definition) is 1. The second kappa shape index (κ2) is 11.7. The Morgan fingerprint density at radius 2 is 1.82 bits per heavy atom. The molecule has 1 amide bonds. The Hall–Kier alpha value is -3.52. The zero-order valence-corrected chi connectivity index (χ0v) is 23.2. The van der Waals surface area contributed by atoms with Crippen molar-refractivity contribution < 1.29 is 14.6 Å². The van der Waals surface area contributed by atoms with Gasteiger partial charge >= 0.3 is 0 Å². The van der Waals surface area contributed by atoms with Crippen LogP contribution < -0.4 is 0 Å². The molecule has 1 aliphatic rings. The van der Waals surface area contributed by atoms with Crippen molar-refractivity contribution in [3.05, 3.63) is 89.9 Å². The lowest BCUT2D eigenvalue weighted by atomic mass is 9.96. The van der Waals surface area contributed by atoms with Gasteiger partial charge in [-0.1, -0.05) is 49.4 Å². The molecule has 4 aromatic rings. The molecule has 0 aliphatic carbocycles. The number of aliphatic hydroxyl groups is 1. The van der Waals surface area contributed by atoms with Crippen LogP contribution in [0.5, 0.6) is 0 Å². The van der Waals surface area contributed by atoms with Gasteiger partial charge in [-0.05, 0) is 48.9 Å². The van der Waals surface area contributed by atoms with Crippen molar-refractivity contribution in [2.24, 2.45) is 13.0 Å². The van der Waals surface area contributed by atoms with E-state index in [1.807, 2.05) is 72.2 Å². The van der Waals surface area contributed by atoms with Crippen molar-refractivity contribution in [3.8, 4) is 11.1 Å². The minimum atomic E-state index is -0.336. The summed E-state index contributed by atoms with van der Waals surface area (Å²) in [7, 11) is 4.05. The molecule has 3 heterocycles. The summed E-state index contributed by atoms with van der Waals surface area (Å²) < 4.78 is 8.69. The molecule has 0 radical (unpaired) electrons. The topological polar surface area (TPSA) is 70.8 Å². The van der Waals surface area contributed by atoms with Gasteiger partial charge in [-0.15, -0.1) is 0 Å². The fourth-order valence-electron chi connectivity index (χ4n) is 5.70. The number of fused-ring (bicyclic) bond motifs is 5. The third-order valence-corrected chi connectivity index (χ3v) is 7.92. The second-order valence-electron chi connectivity index (χ2n) is 10.8. The highest BCUT2D eigenvalue weighted by molar-refractivity contribution is 6.10. The third kappa shape index (κ3) is 5.48. The predicted molar refractivity (Wildman–Crippen MR) is 154 cm³/mol. The Morgan fingerprint density at radius 1 is 1.10 bits per heavy atom. The highest BCUT2D eigenvalue weighted by Gasteiger charge is 2.33. The zero-order chi connectivity index (χ0) is 27.5. The molecule has 1 aliphatic heterocycles. The van der Waals surface area contributed by atoms with Crippen LogP contribution in [0.25, 0.3) is 22.0 Å². The monoisotopic (exact) mass is 526 g/mol. The van der Waals surface area contributed by atoms with Crippen molar-refractivity contribution in [3.63, 3.8) is 0 Å². The van der Waals surface area contributed by atoms with Gasteiger partial charge in [0.2, 0.25) is 0 Å². The first-order chi connectivity index (χ1) is 18.9. The van der Waals surface area contributed by atoms with Crippen LogP contribution in [0, 0.1) is 5.92 Å². The number of benzene rings is 2. The first-order valence-corrected chi connectivity index (χ1v) is 13.7. The molecular formula is C32H38N4O3. The van der Waals surface area contributed by atoms with Gasteiger partial charge in [-0.3, -0.25) is 14.7 Å². The number of hydrogen-bond acceptors (Lipinski definition) is 5. The van der Waals surface area contributed by atoms with E-state index < -0.39 is 0 Å². The number of aromatic nitrogens is 2. The van der Waals surface area contributed by atoms with Crippen LogP contribution in [0.1, 0.15) is 35.5 Å². The van der Waals surface area contributed by atoms with E-state index >= 15 is 0 Å². The molecule has 3 atom stereocenters. The van der Waals surface area contributed by atoms with E-state index in [9.17, 15) is 9.90 Å². The normalized spacial score (nSPS) is 19.0. The van der Waals surface area contributed by atoms with Gasteiger partial charge in [0.05, 0.1) is 25.4 Å². The molecule has 7 nitrogen and oxygen atoms in total. The molecule has 0 bridgehead atoms. The molecule has 39 heavy (non-hydrogen) atoms. The number of carbonyl (C=O) groups is 1. The highest BCUT2D eigenvalue weighted by Crippen LogP contribution is 2.38. The van der Waals surface area contributed by atoms with E-state index in [-0.39, 0.29) is 30.6 Å². The number of nitrogens with zero attached hydrogens (tertiary/aromatic N) is 4. The molecule has 0 unspecified atom stereocenters. The average Bonchev–Trinajstić information content (AvgIpc) is 3.24. The minimum Gasteiger partial charge on any atom is -0.394 e. The minimum absolute atomic E-state index is 0.0336. The smallest absolute Gasteiger partial charge is 0.271 e. The van der Waals surface area contributed by atoms with Crippen LogP contribution in [-0.4, -0.2) is 69.3 Å². The number of amides is 1. The lowest BCUT2D eigenvalue weighted by Gasteiger charge is -2.35. The average molecular weight is 527 g/mol. The highest BCUT2D eigenvalue weighted by atomic mass is 16.5. The number of carbonyl (C=O) groups excluding carboxylic acids is 1. The van der Waals surface area contributed by atoms with Crippen LogP contribution in [0.2, 0.25) is 0 Å². The molecule has 2 aromatic carbocycles. The summed E-state index contributed by atoms with van der Waals surface area (Å²) in [6.07, 6.45) is 3.50. The van der Waals surface area contributed by atoms with Gasteiger partial charge in [-0.2, -0.15) is 0 Å². The number of rotatable bonds is 6. The molecule has 204 valence electrons. The van der Waals surface area contributed by atoms with E-state index in [1.165, 1.54) is 5.56 Å². The van der Waals surface area contributed by atoms with Crippen LogP contribution in [0.4, 0.5) is 0 Å². The van der Waals surface area contributed by atoms with Gasteiger partial charge in [0.25, 0.3) is 5.91 Å². The molecular weight excluding hydrogens is 488 g/mol. The van der Waals surface area contributed by atoms with E-state index in [1.54, 1.807) is 0 Å². The lowest BCUT2D eigenvalue weighted by Crippen LogP contribution is -2.47. The van der Waals surface area contributed by atoms with Gasteiger partial charge in [-0.25, -0.2) is 0 Å². The summed E-state index contributed by atoms with van der Waals surface area (Å²) in [6, 6.07) is 20.1. The van der Waals surface area contributed by atoms with Crippen LogP contribution in [-0.2, 0) is 24.9 Å². The molecule has 2 aromatic heterocycles. The van der Waals surface area contributed by atoms with Crippen molar-refractivity contribution in [2.75, 3.05) is 26.7 Å². The number of likely N-dealkylation sites (N-methyl/N-ethyl adjacent to an activating group) is 1. The Labute approximate surface area is 230 Å². The van der Waals surface area contributed by atoms with Crippen molar-refractivity contribution in [1.29, 1.82) is 0 Å². The van der Waals surface area contributed by atoms with E-state index in [4.69, 9.17) is 4.74 Å². The van der Waals surface area contributed by atoms with Crippen LogP contribution >= 0.6 is 0 Å².